The first kappa shape index (κ1) is 19.0. The highest BCUT2D eigenvalue weighted by molar-refractivity contribution is 7.88. The Labute approximate surface area is 148 Å². The van der Waals surface area contributed by atoms with Crippen LogP contribution in [0.15, 0.2) is 48.5 Å². The molecule has 0 aliphatic carbocycles. The van der Waals surface area contributed by atoms with Gasteiger partial charge < -0.3 is 10.1 Å². The molecule has 0 saturated carbocycles. The molecule has 134 valence electrons. The minimum Gasteiger partial charge on any atom is -0.484 e. The molecule has 0 saturated heterocycles. The van der Waals surface area contributed by atoms with E-state index in [4.69, 9.17) is 4.74 Å². The van der Waals surface area contributed by atoms with E-state index >= 15 is 0 Å². The van der Waals surface area contributed by atoms with Crippen molar-refractivity contribution in [2.24, 2.45) is 0 Å². The first-order chi connectivity index (χ1) is 11.8. The summed E-state index contributed by atoms with van der Waals surface area (Å²) in [5, 5.41) is 2.78. The van der Waals surface area contributed by atoms with Gasteiger partial charge in [-0.05, 0) is 48.7 Å². The third-order valence-electron chi connectivity index (χ3n) is 3.37. The summed E-state index contributed by atoms with van der Waals surface area (Å²) in [5.41, 5.74) is 2.79. The highest BCUT2D eigenvalue weighted by Crippen LogP contribution is 2.13. The van der Waals surface area contributed by atoms with Gasteiger partial charge in [0, 0.05) is 12.2 Å². The first-order valence-electron chi connectivity index (χ1n) is 7.85. The van der Waals surface area contributed by atoms with Crippen molar-refractivity contribution < 1.29 is 17.9 Å². The fourth-order valence-electron chi connectivity index (χ4n) is 2.20. The van der Waals surface area contributed by atoms with Crippen molar-refractivity contribution in [3.8, 4) is 5.75 Å². The number of aryl methyl sites for hydroxylation is 1. The average Bonchev–Trinajstić information content (AvgIpc) is 2.53. The van der Waals surface area contributed by atoms with Crippen LogP contribution in [0.5, 0.6) is 5.75 Å². The van der Waals surface area contributed by atoms with Gasteiger partial charge in [-0.25, -0.2) is 13.1 Å². The van der Waals surface area contributed by atoms with Crippen molar-refractivity contribution in [2.45, 2.75) is 13.3 Å². The number of carbonyl (C=O) groups excluding carboxylic acids is 1. The van der Waals surface area contributed by atoms with Crippen LogP contribution < -0.4 is 14.8 Å². The molecule has 2 rings (SSSR count). The first-order valence-corrected chi connectivity index (χ1v) is 9.74. The molecular formula is C18H22N2O4S. The summed E-state index contributed by atoms with van der Waals surface area (Å²) >= 11 is 0. The van der Waals surface area contributed by atoms with E-state index in [0.29, 0.717) is 18.7 Å². The molecule has 0 aromatic heterocycles. The Bertz CT molecular complexity index is 817. The maximum absolute atomic E-state index is 11.9. The highest BCUT2D eigenvalue weighted by atomic mass is 32.2. The van der Waals surface area contributed by atoms with Crippen LogP contribution in [0.2, 0.25) is 0 Å². The summed E-state index contributed by atoms with van der Waals surface area (Å²) in [6.07, 6.45) is 1.72. The van der Waals surface area contributed by atoms with Crippen molar-refractivity contribution in [1.82, 2.24) is 4.72 Å². The van der Waals surface area contributed by atoms with Gasteiger partial charge in [-0.3, -0.25) is 4.79 Å². The van der Waals surface area contributed by atoms with Gasteiger partial charge in [-0.2, -0.15) is 0 Å². The lowest BCUT2D eigenvalue weighted by molar-refractivity contribution is -0.118. The normalized spacial score (nSPS) is 11.1. The molecule has 0 aliphatic heterocycles. The number of benzene rings is 2. The zero-order valence-electron chi connectivity index (χ0n) is 14.3. The van der Waals surface area contributed by atoms with Gasteiger partial charge in [0.1, 0.15) is 5.75 Å². The predicted molar refractivity (Wildman–Crippen MR) is 98.3 cm³/mol. The number of rotatable bonds is 8. The SMILES string of the molecule is Cc1cccc(NC(=O)COc2ccc(CCNS(C)(=O)=O)cc2)c1. The van der Waals surface area contributed by atoms with Crippen LogP contribution >= 0.6 is 0 Å². The molecular weight excluding hydrogens is 340 g/mol. The molecule has 25 heavy (non-hydrogen) atoms. The van der Waals surface area contributed by atoms with E-state index in [2.05, 4.69) is 10.0 Å². The van der Waals surface area contributed by atoms with Crippen LogP contribution in [0.1, 0.15) is 11.1 Å². The minimum atomic E-state index is -3.17. The van der Waals surface area contributed by atoms with Gasteiger partial charge in [0.2, 0.25) is 10.0 Å². The Hall–Kier alpha value is -2.38. The van der Waals surface area contributed by atoms with E-state index < -0.39 is 10.0 Å². The van der Waals surface area contributed by atoms with Crippen LogP contribution in [0.4, 0.5) is 5.69 Å². The van der Waals surface area contributed by atoms with Crippen molar-refractivity contribution in [2.75, 3.05) is 24.7 Å². The standard InChI is InChI=1S/C18H22N2O4S/c1-14-4-3-5-16(12-14)20-18(21)13-24-17-8-6-15(7-9-17)10-11-19-25(2,22)23/h3-9,12,19H,10-11,13H2,1-2H3,(H,20,21). The molecule has 0 bridgehead atoms. The number of sulfonamides is 1. The number of hydrogen-bond donors (Lipinski definition) is 2. The summed E-state index contributed by atoms with van der Waals surface area (Å²) < 4.78 is 29.9. The molecule has 0 heterocycles. The maximum Gasteiger partial charge on any atom is 0.262 e. The molecule has 7 heteroatoms. The van der Waals surface area contributed by atoms with Crippen molar-refractivity contribution in [3.05, 3.63) is 59.7 Å². The molecule has 0 fully saturated rings. The number of hydrogen-bond acceptors (Lipinski definition) is 4. The topological polar surface area (TPSA) is 84.5 Å². The summed E-state index contributed by atoms with van der Waals surface area (Å²) in [5.74, 6) is 0.353. The van der Waals surface area contributed by atoms with Gasteiger partial charge in [0.15, 0.2) is 6.61 Å². The number of anilines is 1. The van der Waals surface area contributed by atoms with Crippen LogP contribution in [0, 0.1) is 6.92 Å². The summed E-state index contributed by atoms with van der Waals surface area (Å²) in [7, 11) is -3.17. The average molecular weight is 362 g/mol. The molecule has 2 N–H and O–H groups in total. The van der Waals surface area contributed by atoms with E-state index in [0.717, 1.165) is 23.1 Å². The predicted octanol–water partition coefficient (Wildman–Crippen LogP) is 2.10. The van der Waals surface area contributed by atoms with Crippen molar-refractivity contribution in [1.29, 1.82) is 0 Å². The molecule has 0 spiro atoms. The zero-order valence-corrected chi connectivity index (χ0v) is 15.1. The number of carbonyl (C=O) groups is 1. The molecule has 0 aliphatic rings. The van der Waals surface area contributed by atoms with E-state index in [-0.39, 0.29) is 12.5 Å². The van der Waals surface area contributed by atoms with Gasteiger partial charge in [-0.1, -0.05) is 24.3 Å². The van der Waals surface area contributed by atoms with Gasteiger partial charge in [0.05, 0.1) is 6.26 Å². The van der Waals surface area contributed by atoms with Crippen LogP contribution in [-0.4, -0.2) is 33.7 Å². The molecule has 0 unspecified atom stereocenters. The second-order valence-electron chi connectivity index (χ2n) is 5.77. The van der Waals surface area contributed by atoms with Gasteiger partial charge in [-0.15, -0.1) is 0 Å². The molecule has 0 atom stereocenters. The lowest BCUT2D eigenvalue weighted by Crippen LogP contribution is -2.24. The fraction of sp³-hybridized carbons (Fsp3) is 0.278. The van der Waals surface area contributed by atoms with Crippen molar-refractivity contribution >= 4 is 21.6 Å². The quantitative estimate of drug-likeness (QED) is 0.753. The Morgan fingerprint density at radius 2 is 1.84 bits per heavy atom. The van der Waals surface area contributed by atoms with E-state index in [1.807, 2.05) is 43.3 Å². The highest BCUT2D eigenvalue weighted by Gasteiger charge is 2.05. The molecule has 2 aromatic carbocycles. The van der Waals surface area contributed by atoms with E-state index in [1.54, 1.807) is 12.1 Å². The molecule has 1 amide bonds. The smallest absolute Gasteiger partial charge is 0.262 e. The van der Waals surface area contributed by atoms with Crippen LogP contribution in [-0.2, 0) is 21.2 Å². The largest absolute Gasteiger partial charge is 0.484 e. The molecule has 6 nitrogen and oxygen atoms in total. The maximum atomic E-state index is 11.9. The van der Waals surface area contributed by atoms with Crippen LogP contribution in [0.3, 0.4) is 0 Å². The van der Waals surface area contributed by atoms with Gasteiger partial charge >= 0.3 is 0 Å². The second-order valence-corrected chi connectivity index (χ2v) is 7.60. The summed E-state index contributed by atoms with van der Waals surface area (Å²) in [4.78, 5) is 11.9. The summed E-state index contributed by atoms with van der Waals surface area (Å²) in [6.45, 7) is 2.22. The number of nitrogens with one attached hydrogen (secondary N) is 2. The van der Waals surface area contributed by atoms with Gasteiger partial charge in [0.25, 0.3) is 5.91 Å². The van der Waals surface area contributed by atoms with E-state index in [9.17, 15) is 13.2 Å². The Kier molecular flexibility index (Phi) is 6.55. The zero-order chi connectivity index (χ0) is 18.3. The van der Waals surface area contributed by atoms with E-state index in [1.165, 1.54) is 0 Å². The Morgan fingerprint density at radius 3 is 2.48 bits per heavy atom. The van der Waals surface area contributed by atoms with Crippen molar-refractivity contribution in [3.63, 3.8) is 0 Å². The number of ether oxygens (including phenoxy) is 1. The summed E-state index contributed by atoms with van der Waals surface area (Å²) in [6, 6.07) is 14.8. The Balaban J connectivity index is 1.78. The monoisotopic (exact) mass is 362 g/mol. The molecule has 0 radical (unpaired) electrons. The molecule has 2 aromatic rings. The number of amides is 1. The third kappa shape index (κ3) is 7.36. The van der Waals surface area contributed by atoms with Crippen LogP contribution in [0.25, 0.3) is 0 Å². The fourth-order valence-corrected chi connectivity index (χ4v) is 2.67. The third-order valence-corrected chi connectivity index (χ3v) is 4.10. The lowest BCUT2D eigenvalue weighted by atomic mass is 10.1. The second kappa shape index (κ2) is 8.64. The minimum absolute atomic E-state index is 0.0804. The lowest BCUT2D eigenvalue weighted by Gasteiger charge is -2.09. The Morgan fingerprint density at radius 1 is 1.12 bits per heavy atom.